The lowest BCUT2D eigenvalue weighted by Crippen LogP contribution is -2.40. The van der Waals surface area contributed by atoms with E-state index in [4.69, 9.17) is 5.26 Å². The molecule has 1 aliphatic rings. The van der Waals surface area contributed by atoms with Crippen molar-refractivity contribution in [2.45, 2.75) is 31.8 Å². The van der Waals surface area contributed by atoms with E-state index in [1.807, 2.05) is 30.3 Å². The monoisotopic (exact) mass is 315 g/mol. The number of nitrogens with one attached hydrogen (secondary N) is 1. The summed E-state index contributed by atoms with van der Waals surface area (Å²) in [5.41, 5.74) is -0.401. The predicted molar refractivity (Wildman–Crippen MR) is 88.4 cm³/mol. The molecular weight excluding hydrogens is 290 g/mol. The molecule has 0 bridgehead atoms. The van der Waals surface area contributed by atoms with Crippen molar-refractivity contribution in [1.82, 2.24) is 10.2 Å². The van der Waals surface area contributed by atoms with E-state index in [-0.39, 0.29) is 12.3 Å². The standard InChI is InChI=1S/C18H25N3O2/c1-18(23,16-5-3-2-4-6-16)13-17(22)20-14-15-7-10-21(11-8-15)12-9-19/h2-6,15,23H,7-8,10-14H2,1H3,(H,20,22)/t18-/m1/s1. The van der Waals surface area contributed by atoms with Crippen molar-refractivity contribution in [3.8, 4) is 6.07 Å². The van der Waals surface area contributed by atoms with Gasteiger partial charge in [-0.3, -0.25) is 9.69 Å². The average molecular weight is 315 g/mol. The molecule has 0 spiro atoms. The van der Waals surface area contributed by atoms with Gasteiger partial charge >= 0.3 is 0 Å². The van der Waals surface area contributed by atoms with Crippen LogP contribution in [0.2, 0.25) is 0 Å². The molecule has 0 aliphatic carbocycles. The Balaban J connectivity index is 1.75. The highest BCUT2D eigenvalue weighted by molar-refractivity contribution is 5.77. The number of likely N-dealkylation sites (tertiary alicyclic amines) is 1. The fraction of sp³-hybridized carbons (Fsp3) is 0.556. The summed E-state index contributed by atoms with van der Waals surface area (Å²) in [5.74, 6) is 0.328. The number of nitrogens with zero attached hydrogens (tertiary/aromatic N) is 2. The molecule has 124 valence electrons. The van der Waals surface area contributed by atoms with Gasteiger partial charge in [-0.05, 0) is 44.3 Å². The lowest BCUT2D eigenvalue weighted by molar-refractivity contribution is -0.126. The Morgan fingerprint density at radius 3 is 2.65 bits per heavy atom. The quantitative estimate of drug-likeness (QED) is 0.782. The first kappa shape index (κ1) is 17.5. The van der Waals surface area contributed by atoms with Gasteiger partial charge < -0.3 is 10.4 Å². The minimum absolute atomic E-state index is 0.0598. The number of nitriles is 1. The predicted octanol–water partition coefficient (Wildman–Crippen LogP) is 1.64. The number of carbonyl (C=O) groups excluding carboxylic acids is 1. The number of piperidine rings is 1. The van der Waals surface area contributed by atoms with Gasteiger partial charge in [-0.2, -0.15) is 5.26 Å². The highest BCUT2D eigenvalue weighted by Crippen LogP contribution is 2.24. The molecule has 0 saturated carbocycles. The van der Waals surface area contributed by atoms with Crippen molar-refractivity contribution < 1.29 is 9.90 Å². The summed E-state index contributed by atoms with van der Waals surface area (Å²) in [6.07, 6.45) is 2.05. The van der Waals surface area contributed by atoms with Crippen LogP contribution in [-0.4, -0.2) is 42.1 Å². The van der Waals surface area contributed by atoms with Crippen LogP contribution in [0.15, 0.2) is 30.3 Å². The molecule has 0 aromatic heterocycles. The summed E-state index contributed by atoms with van der Waals surface area (Å²) in [6, 6.07) is 11.4. The number of hydrogen-bond donors (Lipinski definition) is 2. The molecule has 23 heavy (non-hydrogen) atoms. The van der Waals surface area contributed by atoms with E-state index in [1.165, 1.54) is 0 Å². The first-order chi connectivity index (χ1) is 11.0. The lowest BCUT2D eigenvalue weighted by Gasteiger charge is -2.30. The molecule has 5 nitrogen and oxygen atoms in total. The van der Waals surface area contributed by atoms with E-state index in [9.17, 15) is 9.90 Å². The van der Waals surface area contributed by atoms with E-state index >= 15 is 0 Å². The van der Waals surface area contributed by atoms with Gasteiger partial charge in [0.2, 0.25) is 5.91 Å². The Labute approximate surface area is 137 Å². The van der Waals surface area contributed by atoms with Gasteiger partial charge in [0.15, 0.2) is 0 Å². The smallest absolute Gasteiger partial charge is 0.223 e. The minimum Gasteiger partial charge on any atom is -0.385 e. The summed E-state index contributed by atoms with van der Waals surface area (Å²) in [4.78, 5) is 14.3. The molecule has 1 amide bonds. The third-order valence-electron chi connectivity index (χ3n) is 4.49. The Morgan fingerprint density at radius 2 is 2.04 bits per heavy atom. The highest BCUT2D eigenvalue weighted by atomic mass is 16.3. The van der Waals surface area contributed by atoms with Crippen molar-refractivity contribution in [2.75, 3.05) is 26.2 Å². The fourth-order valence-corrected chi connectivity index (χ4v) is 2.98. The normalized spacial score (nSPS) is 18.8. The van der Waals surface area contributed by atoms with Crippen LogP contribution in [0.25, 0.3) is 0 Å². The zero-order chi connectivity index (χ0) is 16.7. The van der Waals surface area contributed by atoms with E-state index in [2.05, 4.69) is 16.3 Å². The summed E-state index contributed by atoms with van der Waals surface area (Å²) >= 11 is 0. The maximum absolute atomic E-state index is 12.1. The van der Waals surface area contributed by atoms with Crippen LogP contribution in [0.5, 0.6) is 0 Å². The molecule has 1 aromatic carbocycles. The van der Waals surface area contributed by atoms with E-state index in [0.717, 1.165) is 31.5 Å². The molecule has 1 atom stereocenters. The van der Waals surface area contributed by atoms with Crippen LogP contribution in [0.3, 0.4) is 0 Å². The van der Waals surface area contributed by atoms with Gasteiger partial charge in [0.05, 0.1) is 24.6 Å². The number of rotatable bonds is 6. The summed E-state index contributed by atoms with van der Waals surface area (Å²) in [7, 11) is 0. The van der Waals surface area contributed by atoms with Gasteiger partial charge in [-0.25, -0.2) is 0 Å². The van der Waals surface area contributed by atoms with Crippen LogP contribution < -0.4 is 5.32 Å². The van der Waals surface area contributed by atoms with Crippen LogP contribution in [0.4, 0.5) is 0 Å². The van der Waals surface area contributed by atoms with E-state index in [0.29, 0.717) is 19.0 Å². The van der Waals surface area contributed by atoms with Gasteiger partial charge in [-0.15, -0.1) is 0 Å². The van der Waals surface area contributed by atoms with Crippen molar-refractivity contribution in [3.63, 3.8) is 0 Å². The van der Waals surface area contributed by atoms with Crippen LogP contribution in [0.1, 0.15) is 31.7 Å². The number of amides is 1. The molecular formula is C18H25N3O2. The molecule has 2 rings (SSSR count). The van der Waals surface area contributed by atoms with Gasteiger partial charge in [0.1, 0.15) is 0 Å². The number of hydrogen-bond acceptors (Lipinski definition) is 4. The molecule has 0 unspecified atom stereocenters. The van der Waals surface area contributed by atoms with Crippen LogP contribution >= 0.6 is 0 Å². The summed E-state index contributed by atoms with van der Waals surface area (Å²) in [6.45, 7) is 4.62. The first-order valence-electron chi connectivity index (χ1n) is 8.15. The Morgan fingerprint density at radius 1 is 1.39 bits per heavy atom. The second-order valence-corrected chi connectivity index (χ2v) is 6.50. The zero-order valence-corrected chi connectivity index (χ0v) is 13.7. The topological polar surface area (TPSA) is 76.4 Å². The third kappa shape index (κ3) is 5.34. The molecule has 1 saturated heterocycles. The Hall–Kier alpha value is -1.90. The maximum Gasteiger partial charge on any atom is 0.223 e. The second kappa shape index (κ2) is 8.09. The third-order valence-corrected chi connectivity index (χ3v) is 4.49. The molecule has 1 fully saturated rings. The second-order valence-electron chi connectivity index (χ2n) is 6.50. The maximum atomic E-state index is 12.1. The number of aliphatic hydroxyl groups is 1. The average Bonchev–Trinajstić information content (AvgIpc) is 2.55. The zero-order valence-electron chi connectivity index (χ0n) is 13.7. The van der Waals surface area contributed by atoms with E-state index < -0.39 is 5.60 Å². The van der Waals surface area contributed by atoms with Gasteiger partial charge in [-0.1, -0.05) is 30.3 Å². The van der Waals surface area contributed by atoms with Crippen LogP contribution in [-0.2, 0) is 10.4 Å². The molecule has 0 radical (unpaired) electrons. The van der Waals surface area contributed by atoms with Crippen molar-refractivity contribution in [1.29, 1.82) is 5.26 Å². The molecule has 1 aromatic rings. The first-order valence-corrected chi connectivity index (χ1v) is 8.15. The fourth-order valence-electron chi connectivity index (χ4n) is 2.98. The molecule has 2 N–H and O–H groups in total. The molecule has 1 aliphatic heterocycles. The highest BCUT2D eigenvalue weighted by Gasteiger charge is 2.27. The summed E-state index contributed by atoms with van der Waals surface area (Å²) < 4.78 is 0. The Bertz CT molecular complexity index is 543. The molecule has 5 heteroatoms. The van der Waals surface area contributed by atoms with Crippen molar-refractivity contribution in [2.24, 2.45) is 5.92 Å². The van der Waals surface area contributed by atoms with Gasteiger partial charge in [0.25, 0.3) is 0 Å². The minimum atomic E-state index is -1.15. The summed E-state index contributed by atoms with van der Waals surface area (Å²) in [5, 5.41) is 22.1. The van der Waals surface area contributed by atoms with Crippen molar-refractivity contribution in [3.05, 3.63) is 35.9 Å². The SMILES string of the molecule is C[C@@](O)(CC(=O)NCC1CCN(CC#N)CC1)c1ccccc1. The van der Waals surface area contributed by atoms with Gasteiger partial charge in [0, 0.05) is 6.54 Å². The van der Waals surface area contributed by atoms with Crippen molar-refractivity contribution >= 4 is 5.91 Å². The van der Waals surface area contributed by atoms with E-state index in [1.54, 1.807) is 6.92 Å². The largest absolute Gasteiger partial charge is 0.385 e. The lowest BCUT2D eigenvalue weighted by atomic mass is 9.92. The van der Waals surface area contributed by atoms with Crippen LogP contribution in [0, 0.1) is 17.2 Å². The Kier molecular flexibility index (Phi) is 6.14. The number of benzene rings is 1. The molecule has 1 heterocycles. The number of carbonyl (C=O) groups is 1.